The topological polar surface area (TPSA) is 68.2 Å². The third-order valence-electron chi connectivity index (χ3n) is 4.28. The number of hydrogen-bond acceptors (Lipinski definition) is 5. The van der Waals surface area contributed by atoms with Crippen LogP contribution in [0.25, 0.3) is 0 Å². The molecule has 2 rings (SSSR count). The van der Waals surface area contributed by atoms with Gasteiger partial charge in [-0.25, -0.2) is 13.6 Å². The molecule has 0 spiro atoms. The van der Waals surface area contributed by atoms with Crippen molar-refractivity contribution < 1.29 is 32.9 Å². The molecule has 0 bridgehead atoms. The van der Waals surface area contributed by atoms with Gasteiger partial charge in [-0.15, -0.1) is 0 Å². The molecule has 0 radical (unpaired) electrons. The Balaban J connectivity index is 2.09. The van der Waals surface area contributed by atoms with E-state index in [4.69, 9.17) is 14.2 Å². The third-order valence-corrected chi connectivity index (χ3v) is 4.28. The second-order valence-corrected chi connectivity index (χ2v) is 7.60. The van der Waals surface area contributed by atoms with Gasteiger partial charge in [-0.3, -0.25) is 0 Å². The zero-order chi connectivity index (χ0) is 20.2. The predicted molar refractivity (Wildman–Crippen MR) is 94.7 cm³/mol. The van der Waals surface area contributed by atoms with Crippen LogP contribution >= 0.6 is 0 Å². The van der Waals surface area contributed by atoms with Gasteiger partial charge in [0.15, 0.2) is 0 Å². The first-order valence-corrected chi connectivity index (χ1v) is 8.87. The Bertz CT molecular complexity index is 644. The lowest BCUT2D eigenvalue weighted by atomic mass is 9.83. The van der Waals surface area contributed by atoms with Gasteiger partial charge in [-0.1, -0.05) is 0 Å². The molecule has 1 saturated heterocycles. The standard InChI is InChI=1S/C19H27F2NO5/c1-18(2,3)27-17(23)22-7-5-19(24,6-8-22)16-14(20)11-13(12-15(16)21)26-10-9-25-4/h11-12,24H,5-10H2,1-4H3. The Morgan fingerprint density at radius 1 is 1.19 bits per heavy atom. The highest BCUT2D eigenvalue weighted by Crippen LogP contribution is 2.37. The van der Waals surface area contributed by atoms with E-state index < -0.39 is 34.5 Å². The molecule has 152 valence electrons. The lowest BCUT2D eigenvalue weighted by molar-refractivity contribution is -0.0394. The van der Waals surface area contributed by atoms with E-state index in [1.165, 1.54) is 12.0 Å². The Kier molecular flexibility index (Phi) is 6.64. The Hall–Kier alpha value is -1.93. The van der Waals surface area contributed by atoms with Crippen molar-refractivity contribution in [3.8, 4) is 5.75 Å². The highest BCUT2D eigenvalue weighted by atomic mass is 19.1. The normalized spacial score (nSPS) is 16.9. The van der Waals surface area contributed by atoms with Crippen LogP contribution in [0.4, 0.5) is 13.6 Å². The van der Waals surface area contributed by atoms with Crippen molar-refractivity contribution in [3.05, 3.63) is 29.3 Å². The number of ether oxygens (including phenoxy) is 3. The molecule has 1 aliphatic heterocycles. The smallest absolute Gasteiger partial charge is 0.410 e. The monoisotopic (exact) mass is 387 g/mol. The average molecular weight is 387 g/mol. The van der Waals surface area contributed by atoms with Gasteiger partial charge in [0.05, 0.1) is 17.8 Å². The number of carbonyl (C=O) groups is 1. The molecule has 1 aromatic carbocycles. The van der Waals surface area contributed by atoms with Gasteiger partial charge in [-0.05, 0) is 33.6 Å². The molecular formula is C19H27F2NO5. The molecule has 0 unspecified atom stereocenters. The van der Waals surface area contributed by atoms with Gasteiger partial charge in [0.2, 0.25) is 0 Å². The molecule has 1 N–H and O–H groups in total. The van der Waals surface area contributed by atoms with Crippen LogP contribution in [0.5, 0.6) is 5.75 Å². The fourth-order valence-corrected chi connectivity index (χ4v) is 2.96. The van der Waals surface area contributed by atoms with Crippen molar-refractivity contribution in [1.29, 1.82) is 0 Å². The molecule has 0 atom stereocenters. The Labute approximate surface area is 158 Å². The summed E-state index contributed by atoms with van der Waals surface area (Å²) in [6.07, 6.45) is -0.499. The van der Waals surface area contributed by atoms with Gasteiger partial charge in [0.25, 0.3) is 0 Å². The number of amides is 1. The van der Waals surface area contributed by atoms with E-state index in [1.807, 2.05) is 0 Å². The molecule has 1 amide bonds. The summed E-state index contributed by atoms with van der Waals surface area (Å²) >= 11 is 0. The van der Waals surface area contributed by atoms with Gasteiger partial charge in [0, 0.05) is 32.3 Å². The number of methoxy groups -OCH3 is 1. The van der Waals surface area contributed by atoms with E-state index in [1.54, 1.807) is 20.8 Å². The van der Waals surface area contributed by atoms with Crippen molar-refractivity contribution >= 4 is 6.09 Å². The molecular weight excluding hydrogens is 360 g/mol. The average Bonchev–Trinajstić information content (AvgIpc) is 2.53. The van der Waals surface area contributed by atoms with E-state index in [0.717, 1.165) is 12.1 Å². The van der Waals surface area contributed by atoms with Gasteiger partial charge < -0.3 is 24.2 Å². The molecule has 0 aromatic heterocycles. The van der Waals surface area contributed by atoms with E-state index in [0.29, 0.717) is 0 Å². The maximum Gasteiger partial charge on any atom is 0.410 e. The molecule has 0 aliphatic carbocycles. The molecule has 1 fully saturated rings. The number of nitrogens with zero attached hydrogens (tertiary/aromatic N) is 1. The highest BCUT2D eigenvalue weighted by Gasteiger charge is 2.40. The Morgan fingerprint density at radius 3 is 2.22 bits per heavy atom. The first-order chi connectivity index (χ1) is 12.6. The fourth-order valence-electron chi connectivity index (χ4n) is 2.96. The van der Waals surface area contributed by atoms with Crippen LogP contribution < -0.4 is 4.74 Å². The summed E-state index contributed by atoms with van der Waals surface area (Å²) in [5.41, 5.74) is -2.73. The number of benzene rings is 1. The number of hydrogen-bond donors (Lipinski definition) is 1. The van der Waals surface area contributed by atoms with Crippen LogP contribution in [0, 0.1) is 11.6 Å². The number of halogens is 2. The lowest BCUT2D eigenvalue weighted by Crippen LogP contribution is -2.47. The number of rotatable bonds is 5. The maximum atomic E-state index is 14.5. The summed E-state index contributed by atoms with van der Waals surface area (Å²) < 4.78 is 44.4. The minimum Gasteiger partial charge on any atom is -0.491 e. The highest BCUT2D eigenvalue weighted by molar-refractivity contribution is 5.68. The zero-order valence-electron chi connectivity index (χ0n) is 16.2. The molecule has 8 heteroatoms. The van der Waals surface area contributed by atoms with Gasteiger partial charge in [0.1, 0.15) is 29.6 Å². The van der Waals surface area contributed by atoms with Crippen molar-refractivity contribution in [2.75, 3.05) is 33.4 Å². The summed E-state index contributed by atoms with van der Waals surface area (Å²) in [5, 5.41) is 10.8. The predicted octanol–water partition coefficient (Wildman–Crippen LogP) is 3.21. The maximum absolute atomic E-state index is 14.5. The van der Waals surface area contributed by atoms with Crippen LogP contribution in [0.3, 0.4) is 0 Å². The van der Waals surface area contributed by atoms with Gasteiger partial charge >= 0.3 is 6.09 Å². The minimum atomic E-state index is -1.70. The molecule has 1 aliphatic rings. The number of aliphatic hydroxyl groups is 1. The lowest BCUT2D eigenvalue weighted by Gasteiger charge is -2.39. The van der Waals surface area contributed by atoms with E-state index in [9.17, 15) is 18.7 Å². The summed E-state index contributed by atoms with van der Waals surface area (Å²) in [5.74, 6) is -1.73. The van der Waals surface area contributed by atoms with Crippen LogP contribution in [-0.2, 0) is 15.1 Å². The molecule has 1 heterocycles. The van der Waals surface area contributed by atoms with E-state index in [-0.39, 0.29) is 44.9 Å². The molecule has 1 aromatic rings. The Morgan fingerprint density at radius 2 is 1.74 bits per heavy atom. The number of piperidine rings is 1. The molecule has 6 nitrogen and oxygen atoms in total. The van der Waals surface area contributed by atoms with Crippen molar-refractivity contribution in [2.24, 2.45) is 0 Å². The van der Waals surface area contributed by atoms with Crippen LogP contribution in [0.2, 0.25) is 0 Å². The first kappa shape index (κ1) is 21.4. The van der Waals surface area contributed by atoms with Crippen LogP contribution in [-0.4, -0.2) is 55.1 Å². The summed E-state index contributed by atoms with van der Waals surface area (Å²) in [6.45, 7) is 5.98. The summed E-state index contributed by atoms with van der Waals surface area (Å²) in [6, 6.07) is 2.10. The second kappa shape index (κ2) is 8.39. The second-order valence-electron chi connectivity index (χ2n) is 7.60. The summed E-state index contributed by atoms with van der Waals surface area (Å²) in [7, 11) is 1.49. The zero-order valence-corrected chi connectivity index (χ0v) is 16.2. The van der Waals surface area contributed by atoms with Crippen LogP contribution in [0.15, 0.2) is 12.1 Å². The molecule has 0 saturated carbocycles. The number of carbonyl (C=O) groups excluding carboxylic acids is 1. The minimum absolute atomic E-state index is 0.00393. The van der Waals surface area contributed by atoms with E-state index >= 15 is 0 Å². The van der Waals surface area contributed by atoms with Gasteiger partial charge in [-0.2, -0.15) is 0 Å². The van der Waals surface area contributed by atoms with Crippen molar-refractivity contribution in [3.63, 3.8) is 0 Å². The largest absolute Gasteiger partial charge is 0.491 e. The number of likely N-dealkylation sites (tertiary alicyclic amines) is 1. The van der Waals surface area contributed by atoms with E-state index in [2.05, 4.69) is 0 Å². The third kappa shape index (κ3) is 5.52. The SMILES string of the molecule is COCCOc1cc(F)c(C2(O)CCN(C(=O)OC(C)(C)C)CC2)c(F)c1. The fraction of sp³-hybridized carbons (Fsp3) is 0.632. The van der Waals surface area contributed by atoms with Crippen molar-refractivity contribution in [1.82, 2.24) is 4.90 Å². The summed E-state index contributed by atoms with van der Waals surface area (Å²) in [4.78, 5) is 13.5. The first-order valence-electron chi connectivity index (χ1n) is 8.87. The quantitative estimate of drug-likeness (QED) is 0.786. The van der Waals surface area contributed by atoms with Crippen LogP contribution in [0.1, 0.15) is 39.2 Å². The van der Waals surface area contributed by atoms with Crippen molar-refractivity contribution in [2.45, 2.75) is 44.8 Å². The molecule has 27 heavy (non-hydrogen) atoms.